The van der Waals surface area contributed by atoms with Gasteiger partial charge in [-0.25, -0.2) is 0 Å². The van der Waals surface area contributed by atoms with E-state index in [1.54, 1.807) is 12.1 Å². The van der Waals surface area contributed by atoms with E-state index in [4.69, 9.17) is 11.6 Å². The average molecular weight is 331 g/mol. The molecule has 0 aromatic heterocycles. The van der Waals surface area contributed by atoms with Crippen LogP contribution in [0.25, 0.3) is 0 Å². The monoisotopic (exact) mass is 329 g/mol. The van der Waals surface area contributed by atoms with Gasteiger partial charge in [0.25, 0.3) is 5.91 Å². The van der Waals surface area contributed by atoms with Crippen molar-refractivity contribution in [1.82, 2.24) is 5.32 Å². The van der Waals surface area contributed by atoms with E-state index in [9.17, 15) is 4.79 Å². The molecule has 1 saturated carbocycles. The number of halogens is 2. The van der Waals surface area contributed by atoms with Crippen molar-refractivity contribution in [3.63, 3.8) is 0 Å². The minimum atomic E-state index is 0.00705. The molecule has 1 fully saturated rings. The molecule has 2 nitrogen and oxygen atoms in total. The average Bonchev–Trinajstić information content (AvgIpc) is 2.79. The minimum absolute atomic E-state index is 0.00705. The number of benzene rings is 1. The Labute approximate surface area is 121 Å². The molecule has 0 saturated heterocycles. The molecule has 1 aliphatic carbocycles. The molecule has 1 aromatic carbocycles. The third-order valence-corrected chi connectivity index (χ3v) is 4.85. The van der Waals surface area contributed by atoms with Crippen molar-refractivity contribution >= 4 is 33.4 Å². The molecule has 2 atom stereocenters. The largest absolute Gasteiger partial charge is 0.349 e. The lowest BCUT2D eigenvalue weighted by atomic mass is 10.1. The standard InChI is InChI=1S/C14H17BrClNO/c1-9-7-10(5-6-12(9)16)14(18)17-13-4-2-3-11(13)8-15/h5-7,11,13H,2-4,8H2,1H3,(H,17,18). The zero-order valence-corrected chi connectivity index (χ0v) is 12.7. The van der Waals surface area contributed by atoms with E-state index in [2.05, 4.69) is 21.2 Å². The topological polar surface area (TPSA) is 29.1 Å². The molecule has 98 valence electrons. The lowest BCUT2D eigenvalue weighted by Crippen LogP contribution is -2.37. The Morgan fingerprint density at radius 2 is 2.28 bits per heavy atom. The van der Waals surface area contributed by atoms with Crippen LogP contribution in [-0.2, 0) is 0 Å². The normalized spacial score (nSPS) is 23.1. The summed E-state index contributed by atoms with van der Waals surface area (Å²) in [5.41, 5.74) is 1.63. The SMILES string of the molecule is Cc1cc(C(=O)NC2CCCC2CBr)ccc1Cl. The van der Waals surface area contributed by atoms with Crippen LogP contribution in [0.4, 0.5) is 0 Å². The van der Waals surface area contributed by atoms with Gasteiger partial charge in [-0.2, -0.15) is 0 Å². The fraction of sp³-hybridized carbons (Fsp3) is 0.500. The smallest absolute Gasteiger partial charge is 0.251 e. The minimum Gasteiger partial charge on any atom is -0.349 e. The molecular formula is C14H17BrClNO. The van der Waals surface area contributed by atoms with Gasteiger partial charge in [-0.3, -0.25) is 4.79 Å². The van der Waals surface area contributed by atoms with Crippen LogP contribution in [0.1, 0.15) is 35.2 Å². The van der Waals surface area contributed by atoms with Crippen LogP contribution < -0.4 is 5.32 Å². The third kappa shape index (κ3) is 3.07. The van der Waals surface area contributed by atoms with Gasteiger partial charge < -0.3 is 5.32 Å². The Balaban J connectivity index is 2.05. The third-order valence-electron chi connectivity index (χ3n) is 3.59. The summed E-state index contributed by atoms with van der Waals surface area (Å²) in [6.45, 7) is 1.91. The van der Waals surface area contributed by atoms with Crippen molar-refractivity contribution in [2.75, 3.05) is 5.33 Å². The first kappa shape index (κ1) is 13.9. The molecule has 2 rings (SSSR count). The number of rotatable bonds is 3. The van der Waals surface area contributed by atoms with Crippen molar-refractivity contribution in [1.29, 1.82) is 0 Å². The molecule has 0 spiro atoms. The summed E-state index contributed by atoms with van der Waals surface area (Å²) < 4.78 is 0. The maximum Gasteiger partial charge on any atom is 0.251 e. The van der Waals surface area contributed by atoms with Crippen LogP contribution in [0.5, 0.6) is 0 Å². The van der Waals surface area contributed by atoms with Gasteiger partial charge in [-0.05, 0) is 49.4 Å². The zero-order chi connectivity index (χ0) is 13.1. The quantitative estimate of drug-likeness (QED) is 0.836. The van der Waals surface area contributed by atoms with Crippen molar-refractivity contribution in [2.45, 2.75) is 32.2 Å². The van der Waals surface area contributed by atoms with Crippen LogP contribution >= 0.6 is 27.5 Å². The highest BCUT2D eigenvalue weighted by Crippen LogP contribution is 2.27. The van der Waals surface area contributed by atoms with Crippen LogP contribution in [0.3, 0.4) is 0 Å². The molecule has 0 aliphatic heterocycles. The number of amides is 1. The van der Waals surface area contributed by atoms with Gasteiger partial charge in [0.1, 0.15) is 0 Å². The van der Waals surface area contributed by atoms with Gasteiger partial charge in [-0.15, -0.1) is 0 Å². The predicted octanol–water partition coefficient (Wildman–Crippen LogP) is 3.94. The molecule has 1 amide bonds. The summed E-state index contributed by atoms with van der Waals surface area (Å²) in [6.07, 6.45) is 3.46. The maximum absolute atomic E-state index is 12.2. The second-order valence-electron chi connectivity index (χ2n) is 4.89. The first-order valence-electron chi connectivity index (χ1n) is 6.25. The summed E-state index contributed by atoms with van der Waals surface area (Å²) in [4.78, 5) is 12.2. The number of hydrogen-bond donors (Lipinski definition) is 1. The Morgan fingerprint density at radius 1 is 1.50 bits per heavy atom. The lowest BCUT2D eigenvalue weighted by Gasteiger charge is -2.19. The molecule has 0 heterocycles. The van der Waals surface area contributed by atoms with Crippen LogP contribution in [0.2, 0.25) is 5.02 Å². The summed E-state index contributed by atoms with van der Waals surface area (Å²) >= 11 is 9.48. The molecule has 4 heteroatoms. The van der Waals surface area contributed by atoms with Gasteiger partial charge in [0.05, 0.1) is 0 Å². The number of alkyl halides is 1. The van der Waals surface area contributed by atoms with Crippen LogP contribution in [0.15, 0.2) is 18.2 Å². The summed E-state index contributed by atoms with van der Waals surface area (Å²) in [5.74, 6) is 0.565. The van der Waals surface area contributed by atoms with Gasteiger partial charge >= 0.3 is 0 Å². The fourth-order valence-corrected chi connectivity index (χ4v) is 3.34. The van der Waals surface area contributed by atoms with Crippen molar-refractivity contribution in [3.8, 4) is 0 Å². The van der Waals surface area contributed by atoms with E-state index in [0.29, 0.717) is 22.5 Å². The number of carbonyl (C=O) groups is 1. The fourth-order valence-electron chi connectivity index (χ4n) is 2.45. The maximum atomic E-state index is 12.2. The summed E-state index contributed by atoms with van der Waals surface area (Å²) in [6, 6.07) is 5.70. The Hall–Kier alpha value is -0.540. The zero-order valence-electron chi connectivity index (χ0n) is 10.4. The van der Waals surface area contributed by atoms with Gasteiger partial charge in [0.15, 0.2) is 0 Å². The first-order chi connectivity index (χ1) is 8.61. The number of hydrogen-bond acceptors (Lipinski definition) is 1. The molecule has 0 radical (unpaired) electrons. The van der Waals surface area contributed by atoms with E-state index in [1.165, 1.54) is 12.8 Å². The molecule has 1 N–H and O–H groups in total. The molecule has 1 aromatic rings. The van der Waals surface area contributed by atoms with E-state index < -0.39 is 0 Å². The lowest BCUT2D eigenvalue weighted by molar-refractivity contribution is 0.0930. The van der Waals surface area contributed by atoms with E-state index in [-0.39, 0.29) is 5.91 Å². The van der Waals surface area contributed by atoms with Crippen molar-refractivity contribution in [2.24, 2.45) is 5.92 Å². The highest BCUT2D eigenvalue weighted by Gasteiger charge is 2.27. The predicted molar refractivity (Wildman–Crippen MR) is 78.6 cm³/mol. The van der Waals surface area contributed by atoms with Crippen LogP contribution in [-0.4, -0.2) is 17.3 Å². The number of nitrogens with one attached hydrogen (secondary N) is 1. The molecule has 2 unspecified atom stereocenters. The Kier molecular flexibility index (Phi) is 4.68. The molecule has 0 bridgehead atoms. The first-order valence-corrected chi connectivity index (χ1v) is 7.74. The number of aryl methyl sites for hydroxylation is 1. The summed E-state index contributed by atoms with van der Waals surface area (Å²) in [5, 5.41) is 4.79. The second kappa shape index (κ2) is 6.07. The van der Waals surface area contributed by atoms with E-state index in [1.807, 2.05) is 13.0 Å². The van der Waals surface area contributed by atoms with Gasteiger partial charge in [-0.1, -0.05) is 34.0 Å². The Bertz CT molecular complexity index is 449. The second-order valence-corrected chi connectivity index (χ2v) is 5.94. The van der Waals surface area contributed by atoms with Crippen molar-refractivity contribution in [3.05, 3.63) is 34.3 Å². The highest BCUT2D eigenvalue weighted by molar-refractivity contribution is 9.09. The van der Waals surface area contributed by atoms with E-state index >= 15 is 0 Å². The summed E-state index contributed by atoms with van der Waals surface area (Å²) in [7, 11) is 0. The van der Waals surface area contributed by atoms with Gasteiger partial charge in [0, 0.05) is 22.0 Å². The van der Waals surface area contributed by atoms with E-state index in [0.717, 1.165) is 17.3 Å². The highest BCUT2D eigenvalue weighted by atomic mass is 79.9. The van der Waals surface area contributed by atoms with Gasteiger partial charge in [0.2, 0.25) is 0 Å². The Morgan fingerprint density at radius 3 is 2.94 bits per heavy atom. The molecule has 1 aliphatic rings. The number of carbonyl (C=O) groups excluding carboxylic acids is 1. The molecular weight excluding hydrogens is 314 g/mol. The molecule has 18 heavy (non-hydrogen) atoms. The van der Waals surface area contributed by atoms with Crippen molar-refractivity contribution < 1.29 is 4.79 Å². The van der Waals surface area contributed by atoms with Crippen LogP contribution in [0, 0.1) is 12.8 Å².